The first-order valence-electron chi connectivity index (χ1n) is 5.66. The van der Waals surface area contributed by atoms with Crippen LogP contribution in [0.5, 0.6) is 0 Å². The molecule has 1 aliphatic rings. The molecule has 0 saturated carbocycles. The van der Waals surface area contributed by atoms with Crippen LogP contribution in [0.25, 0.3) is 5.69 Å². The molecule has 3 nitrogen and oxygen atoms in total. The largest absolute Gasteiger partial charge is 0.268 e. The third-order valence-corrected chi connectivity index (χ3v) is 3.30. The smallest absolute Gasteiger partial charge is 0.267 e. The Balaban J connectivity index is 2.25. The van der Waals surface area contributed by atoms with Crippen molar-refractivity contribution in [1.82, 2.24) is 9.78 Å². The van der Waals surface area contributed by atoms with E-state index in [1.54, 1.807) is 0 Å². The highest BCUT2D eigenvalue weighted by Crippen LogP contribution is 2.22. The third-order valence-electron chi connectivity index (χ3n) is 3.30. The summed E-state index contributed by atoms with van der Waals surface area (Å²) < 4.78 is 1.96. The SMILES string of the molecule is Cc1ccccc1-n1[nH]c(=O)c2c1CCC2. The molecule has 3 rings (SSSR count). The van der Waals surface area contributed by atoms with E-state index in [1.807, 2.05) is 22.9 Å². The van der Waals surface area contributed by atoms with Crippen molar-refractivity contribution in [3.63, 3.8) is 0 Å². The van der Waals surface area contributed by atoms with E-state index in [1.165, 1.54) is 11.3 Å². The molecule has 0 amide bonds. The van der Waals surface area contributed by atoms with Crippen LogP contribution in [0.1, 0.15) is 23.2 Å². The van der Waals surface area contributed by atoms with Gasteiger partial charge in [-0.3, -0.25) is 14.6 Å². The minimum atomic E-state index is 0.0794. The first-order valence-corrected chi connectivity index (χ1v) is 5.66. The molecule has 1 aromatic carbocycles. The molecule has 0 aliphatic heterocycles. The first kappa shape index (κ1) is 9.46. The zero-order chi connectivity index (χ0) is 11.1. The maximum absolute atomic E-state index is 11.7. The number of fused-ring (bicyclic) bond motifs is 1. The molecule has 0 spiro atoms. The van der Waals surface area contributed by atoms with Crippen molar-refractivity contribution in [2.75, 3.05) is 0 Å². The Kier molecular flexibility index (Phi) is 1.99. The van der Waals surface area contributed by atoms with Crippen molar-refractivity contribution in [3.05, 3.63) is 51.4 Å². The van der Waals surface area contributed by atoms with Gasteiger partial charge in [-0.05, 0) is 37.8 Å². The monoisotopic (exact) mass is 214 g/mol. The van der Waals surface area contributed by atoms with Gasteiger partial charge in [0, 0.05) is 11.3 Å². The molecule has 0 atom stereocenters. The summed E-state index contributed by atoms with van der Waals surface area (Å²) in [5.41, 5.74) is 4.49. The topological polar surface area (TPSA) is 37.8 Å². The molecule has 0 radical (unpaired) electrons. The summed E-state index contributed by atoms with van der Waals surface area (Å²) >= 11 is 0. The zero-order valence-electron chi connectivity index (χ0n) is 9.29. The number of aryl methyl sites for hydroxylation is 1. The Bertz CT molecular complexity index is 592. The molecule has 3 heteroatoms. The minimum absolute atomic E-state index is 0.0794. The van der Waals surface area contributed by atoms with Crippen LogP contribution >= 0.6 is 0 Å². The van der Waals surface area contributed by atoms with Crippen LogP contribution in [-0.4, -0.2) is 9.78 Å². The number of aromatic amines is 1. The normalized spacial score (nSPS) is 14.1. The predicted octanol–water partition coefficient (Wildman–Crippen LogP) is 1.96. The molecular formula is C13H14N2O. The average Bonchev–Trinajstić information content (AvgIpc) is 2.84. The van der Waals surface area contributed by atoms with Crippen LogP contribution in [0.3, 0.4) is 0 Å². The lowest BCUT2D eigenvalue weighted by Crippen LogP contribution is -2.08. The fraction of sp³-hybridized carbons (Fsp3) is 0.308. The number of benzene rings is 1. The van der Waals surface area contributed by atoms with Crippen molar-refractivity contribution in [3.8, 4) is 5.69 Å². The number of nitrogens with one attached hydrogen (secondary N) is 1. The van der Waals surface area contributed by atoms with Crippen molar-refractivity contribution in [1.29, 1.82) is 0 Å². The van der Waals surface area contributed by atoms with Gasteiger partial charge >= 0.3 is 0 Å². The lowest BCUT2D eigenvalue weighted by Gasteiger charge is -2.09. The minimum Gasteiger partial charge on any atom is -0.268 e. The molecule has 2 aromatic rings. The second-order valence-corrected chi connectivity index (χ2v) is 4.34. The van der Waals surface area contributed by atoms with Crippen molar-refractivity contribution >= 4 is 0 Å². The second kappa shape index (κ2) is 3.37. The lowest BCUT2D eigenvalue weighted by atomic mass is 10.2. The van der Waals surface area contributed by atoms with Crippen LogP contribution in [0.4, 0.5) is 0 Å². The molecule has 16 heavy (non-hydrogen) atoms. The first-order chi connectivity index (χ1) is 7.77. The summed E-state index contributed by atoms with van der Waals surface area (Å²) in [7, 11) is 0. The number of aromatic nitrogens is 2. The Hall–Kier alpha value is -1.77. The van der Waals surface area contributed by atoms with Crippen LogP contribution in [0.15, 0.2) is 29.1 Å². The van der Waals surface area contributed by atoms with E-state index in [0.29, 0.717) is 0 Å². The number of H-pyrrole nitrogens is 1. The molecule has 0 fully saturated rings. The molecular weight excluding hydrogens is 200 g/mol. The van der Waals surface area contributed by atoms with Gasteiger partial charge in [0.2, 0.25) is 0 Å². The highest BCUT2D eigenvalue weighted by Gasteiger charge is 2.20. The van der Waals surface area contributed by atoms with E-state index in [9.17, 15) is 4.79 Å². The Morgan fingerprint density at radius 3 is 2.88 bits per heavy atom. The van der Waals surface area contributed by atoms with Crippen molar-refractivity contribution in [2.24, 2.45) is 0 Å². The average molecular weight is 214 g/mol. The molecule has 1 aromatic heterocycles. The number of rotatable bonds is 1. The van der Waals surface area contributed by atoms with Gasteiger partial charge in [-0.2, -0.15) is 0 Å². The summed E-state index contributed by atoms with van der Waals surface area (Å²) in [6.07, 6.45) is 3.02. The zero-order valence-corrected chi connectivity index (χ0v) is 9.29. The number of para-hydroxylation sites is 1. The van der Waals surface area contributed by atoms with Crippen LogP contribution < -0.4 is 5.56 Å². The van der Waals surface area contributed by atoms with E-state index >= 15 is 0 Å². The van der Waals surface area contributed by atoms with Crippen LogP contribution in [0, 0.1) is 6.92 Å². The highest BCUT2D eigenvalue weighted by molar-refractivity contribution is 5.42. The molecule has 0 bridgehead atoms. The van der Waals surface area contributed by atoms with Gasteiger partial charge in [0.05, 0.1) is 5.69 Å². The fourth-order valence-corrected chi connectivity index (χ4v) is 2.48. The molecule has 0 saturated heterocycles. The predicted molar refractivity (Wildman–Crippen MR) is 63.2 cm³/mol. The fourth-order valence-electron chi connectivity index (χ4n) is 2.48. The van der Waals surface area contributed by atoms with Crippen molar-refractivity contribution in [2.45, 2.75) is 26.2 Å². The van der Waals surface area contributed by atoms with Crippen molar-refractivity contribution < 1.29 is 0 Å². The molecule has 1 heterocycles. The summed E-state index contributed by atoms with van der Waals surface area (Å²) in [5, 5.41) is 2.93. The maximum atomic E-state index is 11.7. The van der Waals surface area contributed by atoms with Gasteiger partial charge in [0.25, 0.3) is 5.56 Å². The van der Waals surface area contributed by atoms with Gasteiger partial charge in [0.1, 0.15) is 0 Å². The third kappa shape index (κ3) is 1.24. The second-order valence-electron chi connectivity index (χ2n) is 4.34. The summed E-state index contributed by atoms with van der Waals surface area (Å²) in [6.45, 7) is 2.06. The van der Waals surface area contributed by atoms with E-state index in [4.69, 9.17) is 0 Å². The Labute approximate surface area is 93.7 Å². The van der Waals surface area contributed by atoms with Crippen LogP contribution in [-0.2, 0) is 12.8 Å². The molecule has 0 unspecified atom stereocenters. The number of hydrogen-bond acceptors (Lipinski definition) is 1. The van der Waals surface area contributed by atoms with Crippen LogP contribution in [0.2, 0.25) is 0 Å². The van der Waals surface area contributed by atoms with E-state index < -0.39 is 0 Å². The van der Waals surface area contributed by atoms with Gasteiger partial charge in [0.15, 0.2) is 0 Å². The maximum Gasteiger partial charge on any atom is 0.267 e. The summed E-state index contributed by atoms with van der Waals surface area (Å²) in [5.74, 6) is 0. The lowest BCUT2D eigenvalue weighted by molar-refractivity contribution is 0.770. The van der Waals surface area contributed by atoms with E-state index in [0.717, 1.165) is 30.5 Å². The summed E-state index contributed by atoms with van der Waals surface area (Å²) in [6, 6.07) is 8.13. The van der Waals surface area contributed by atoms with E-state index in [-0.39, 0.29) is 5.56 Å². The van der Waals surface area contributed by atoms with Gasteiger partial charge in [-0.25, -0.2) is 0 Å². The Morgan fingerprint density at radius 1 is 1.25 bits per heavy atom. The number of hydrogen-bond donors (Lipinski definition) is 1. The highest BCUT2D eigenvalue weighted by atomic mass is 16.1. The Morgan fingerprint density at radius 2 is 2.06 bits per heavy atom. The van der Waals surface area contributed by atoms with E-state index in [2.05, 4.69) is 18.1 Å². The van der Waals surface area contributed by atoms with Gasteiger partial charge in [-0.1, -0.05) is 18.2 Å². The summed E-state index contributed by atoms with van der Waals surface area (Å²) in [4.78, 5) is 11.7. The molecule has 1 aliphatic carbocycles. The standard InChI is InChI=1S/C13H14N2O/c1-9-5-2-3-7-11(9)15-12-8-4-6-10(12)13(16)14-15/h2-3,5,7H,4,6,8H2,1H3,(H,14,16). The van der Waals surface area contributed by atoms with Gasteiger partial charge < -0.3 is 0 Å². The number of nitrogens with zero attached hydrogens (tertiary/aromatic N) is 1. The molecule has 1 N–H and O–H groups in total. The molecule has 82 valence electrons. The quantitative estimate of drug-likeness (QED) is 0.774. The van der Waals surface area contributed by atoms with Gasteiger partial charge in [-0.15, -0.1) is 0 Å².